The molecule has 1 aromatic heterocycles. The number of nitrogens with zero attached hydrogens (tertiary/aromatic N) is 1. The van der Waals surface area contributed by atoms with Crippen molar-refractivity contribution in [3.63, 3.8) is 0 Å². The molecule has 0 aliphatic carbocycles. The first kappa shape index (κ1) is 14.7. The topological polar surface area (TPSA) is 121 Å². The van der Waals surface area contributed by atoms with Gasteiger partial charge in [0.15, 0.2) is 11.7 Å². The van der Waals surface area contributed by atoms with Crippen LogP contribution in [0.5, 0.6) is 0 Å². The van der Waals surface area contributed by atoms with E-state index in [0.717, 1.165) is 0 Å². The standard InChI is InChI=1S/C13H13N3O5/c1-21-6-9(13(19)20)14-12(18)10-7-4-2-3-5-8(7)11(17)16-15-10/h2-5,9H,6H2,1H3,(H,14,18)(H,16,17)(H,19,20). The maximum Gasteiger partial charge on any atom is 0.328 e. The van der Waals surface area contributed by atoms with Crippen LogP contribution in [0.2, 0.25) is 0 Å². The zero-order valence-electron chi connectivity index (χ0n) is 11.1. The first-order valence-electron chi connectivity index (χ1n) is 6.04. The number of carboxylic acid groups (broad SMARTS) is 1. The van der Waals surface area contributed by atoms with E-state index in [-0.39, 0.29) is 12.3 Å². The highest BCUT2D eigenvalue weighted by atomic mass is 16.5. The Labute approximate surface area is 118 Å². The highest BCUT2D eigenvalue weighted by Crippen LogP contribution is 2.12. The number of carbonyl (C=O) groups is 2. The van der Waals surface area contributed by atoms with Crippen LogP contribution in [0.15, 0.2) is 29.1 Å². The van der Waals surface area contributed by atoms with Crippen molar-refractivity contribution >= 4 is 22.6 Å². The lowest BCUT2D eigenvalue weighted by Gasteiger charge is -2.13. The van der Waals surface area contributed by atoms with Crippen LogP contribution in [-0.4, -0.2) is 46.9 Å². The SMILES string of the molecule is COCC(NC(=O)c1n[nH]c(=O)c2ccccc12)C(=O)O. The van der Waals surface area contributed by atoms with Crippen molar-refractivity contribution in [2.75, 3.05) is 13.7 Å². The molecule has 0 spiro atoms. The molecule has 0 aliphatic heterocycles. The number of carboxylic acids is 1. The Morgan fingerprint density at radius 3 is 2.67 bits per heavy atom. The fourth-order valence-electron chi connectivity index (χ4n) is 1.86. The molecule has 0 radical (unpaired) electrons. The van der Waals surface area contributed by atoms with E-state index in [2.05, 4.69) is 15.5 Å². The molecule has 8 nitrogen and oxygen atoms in total. The minimum Gasteiger partial charge on any atom is -0.480 e. The lowest BCUT2D eigenvalue weighted by molar-refractivity contribution is -0.140. The third-order valence-corrected chi connectivity index (χ3v) is 2.85. The smallest absolute Gasteiger partial charge is 0.328 e. The number of methoxy groups -OCH3 is 1. The summed E-state index contributed by atoms with van der Waals surface area (Å²) in [6, 6.07) is 5.23. The largest absolute Gasteiger partial charge is 0.480 e. The molecular weight excluding hydrogens is 278 g/mol. The number of H-pyrrole nitrogens is 1. The number of hydrogen-bond acceptors (Lipinski definition) is 5. The molecule has 0 saturated carbocycles. The molecule has 2 aromatic rings. The molecule has 2 rings (SSSR count). The highest BCUT2D eigenvalue weighted by molar-refractivity contribution is 6.05. The van der Waals surface area contributed by atoms with Crippen molar-refractivity contribution in [1.29, 1.82) is 0 Å². The average molecular weight is 291 g/mol. The fourth-order valence-corrected chi connectivity index (χ4v) is 1.86. The first-order valence-corrected chi connectivity index (χ1v) is 6.04. The summed E-state index contributed by atoms with van der Waals surface area (Å²) in [6.45, 7) is -0.178. The van der Waals surface area contributed by atoms with Crippen LogP contribution in [0.4, 0.5) is 0 Å². The van der Waals surface area contributed by atoms with Gasteiger partial charge in [-0.05, 0) is 6.07 Å². The van der Waals surface area contributed by atoms with E-state index >= 15 is 0 Å². The second-order valence-corrected chi connectivity index (χ2v) is 4.27. The Kier molecular flexibility index (Phi) is 4.29. The number of ether oxygens (including phenoxy) is 1. The molecule has 1 amide bonds. The summed E-state index contributed by atoms with van der Waals surface area (Å²) in [6.07, 6.45) is 0. The van der Waals surface area contributed by atoms with Gasteiger partial charge in [0.05, 0.1) is 12.0 Å². The van der Waals surface area contributed by atoms with Gasteiger partial charge in [-0.3, -0.25) is 9.59 Å². The molecule has 21 heavy (non-hydrogen) atoms. The zero-order chi connectivity index (χ0) is 15.4. The maximum atomic E-state index is 12.1. The van der Waals surface area contributed by atoms with Crippen LogP contribution < -0.4 is 10.9 Å². The molecular formula is C13H13N3O5. The van der Waals surface area contributed by atoms with Crippen molar-refractivity contribution in [1.82, 2.24) is 15.5 Å². The van der Waals surface area contributed by atoms with Gasteiger partial charge in [-0.2, -0.15) is 5.10 Å². The number of aromatic nitrogens is 2. The molecule has 3 N–H and O–H groups in total. The van der Waals surface area contributed by atoms with Crippen molar-refractivity contribution in [2.24, 2.45) is 0 Å². The van der Waals surface area contributed by atoms with Crippen molar-refractivity contribution in [2.45, 2.75) is 6.04 Å². The minimum atomic E-state index is -1.22. The molecule has 0 aliphatic rings. The summed E-state index contributed by atoms with van der Waals surface area (Å²) in [5.74, 6) is -1.93. The number of aliphatic carboxylic acids is 1. The van der Waals surface area contributed by atoms with E-state index < -0.39 is 23.5 Å². The lowest BCUT2D eigenvalue weighted by atomic mass is 10.1. The van der Waals surface area contributed by atoms with Gasteiger partial charge < -0.3 is 15.2 Å². The number of hydrogen-bond donors (Lipinski definition) is 3. The predicted octanol–water partition coefficient (Wildman–Crippen LogP) is -0.247. The van der Waals surface area contributed by atoms with Gasteiger partial charge in [-0.15, -0.1) is 0 Å². The molecule has 1 aromatic carbocycles. The van der Waals surface area contributed by atoms with Gasteiger partial charge in [0.2, 0.25) is 0 Å². The van der Waals surface area contributed by atoms with E-state index in [9.17, 15) is 14.4 Å². The van der Waals surface area contributed by atoms with Gasteiger partial charge in [0.1, 0.15) is 0 Å². The summed E-state index contributed by atoms with van der Waals surface area (Å²) in [7, 11) is 1.33. The van der Waals surface area contributed by atoms with Gasteiger partial charge >= 0.3 is 5.97 Å². The molecule has 0 fully saturated rings. The van der Waals surface area contributed by atoms with Crippen LogP contribution in [0.25, 0.3) is 10.8 Å². The van der Waals surface area contributed by atoms with Crippen LogP contribution in [0.3, 0.4) is 0 Å². The number of rotatable bonds is 5. The monoisotopic (exact) mass is 291 g/mol. The van der Waals surface area contributed by atoms with Gasteiger partial charge in [0.25, 0.3) is 11.5 Å². The minimum absolute atomic E-state index is 0.0486. The molecule has 8 heteroatoms. The van der Waals surface area contributed by atoms with E-state index in [1.54, 1.807) is 24.3 Å². The predicted molar refractivity (Wildman–Crippen MR) is 73.1 cm³/mol. The Morgan fingerprint density at radius 1 is 1.38 bits per heavy atom. The number of nitrogens with one attached hydrogen (secondary N) is 2. The van der Waals surface area contributed by atoms with Crippen LogP contribution in [0.1, 0.15) is 10.5 Å². The Morgan fingerprint density at radius 2 is 2.05 bits per heavy atom. The van der Waals surface area contributed by atoms with E-state index in [1.807, 2.05) is 0 Å². The second-order valence-electron chi connectivity index (χ2n) is 4.27. The quantitative estimate of drug-likeness (QED) is 0.698. The Hall–Kier alpha value is -2.74. The second kappa shape index (κ2) is 6.14. The van der Waals surface area contributed by atoms with Gasteiger partial charge in [0, 0.05) is 12.5 Å². The van der Waals surface area contributed by atoms with Crippen LogP contribution >= 0.6 is 0 Å². The van der Waals surface area contributed by atoms with Gasteiger partial charge in [-0.1, -0.05) is 18.2 Å². The number of amides is 1. The van der Waals surface area contributed by atoms with Crippen molar-refractivity contribution in [3.05, 3.63) is 40.3 Å². The normalized spacial score (nSPS) is 12.0. The molecule has 110 valence electrons. The number of fused-ring (bicyclic) bond motifs is 1. The third-order valence-electron chi connectivity index (χ3n) is 2.85. The highest BCUT2D eigenvalue weighted by Gasteiger charge is 2.22. The van der Waals surface area contributed by atoms with Gasteiger partial charge in [-0.25, -0.2) is 9.89 Å². The number of carbonyl (C=O) groups excluding carboxylic acids is 1. The Bertz CT molecular complexity index is 740. The average Bonchev–Trinajstić information content (AvgIpc) is 2.47. The lowest BCUT2D eigenvalue weighted by Crippen LogP contribution is -2.44. The number of aromatic amines is 1. The van der Waals surface area contributed by atoms with Crippen LogP contribution in [-0.2, 0) is 9.53 Å². The van der Waals surface area contributed by atoms with Crippen LogP contribution in [0, 0.1) is 0 Å². The van der Waals surface area contributed by atoms with E-state index in [0.29, 0.717) is 10.8 Å². The summed E-state index contributed by atoms with van der Waals surface area (Å²) < 4.78 is 4.73. The summed E-state index contributed by atoms with van der Waals surface area (Å²) >= 11 is 0. The third kappa shape index (κ3) is 3.06. The summed E-state index contributed by atoms with van der Waals surface area (Å²) in [5.41, 5.74) is -0.471. The zero-order valence-corrected chi connectivity index (χ0v) is 11.1. The molecule has 1 heterocycles. The number of benzene rings is 1. The Balaban J connectivity index is 2.38. The molecule has 1 atom stereocenters. The molecule has 0 bridgehead atoms. The first-order chi connectivity index (χ1) is 10.0. The van der Waals surface area contributed by atoms with E-state index in [4.69, 9.17) is 9.84 Å². The molecule has 0 saturated heterocycles. The fraction of sp³-hybridized carbons (Fsp3) is 0.231. The van der Waals surface area contributed by atoms with Crippen molar-refractivity contribution < 1.29 is 19.4 Å². The maximum absolute atomic E-state index is 12.1. The summed E-state index contributed by atoms with van der Waals surface area (Å²) in [4.78, 5) is 34.8. The molecule has 1 unspecified atom stereocenters. The summed E-state index contributed by atoms with van der Waals surface area (Å²) in [5, 5.41) is 17.8. The van der Waals surface area contributed by atoms with Crippen molar-refractivity contribution in [3.8, 4) is 0 Å². The van der Waals surface area contributed by atoms with E-state index in [1.165, 1.54) is 7.11 Å².